The van der Waals surface area contributed by atoms with Gasteiger partial charge in [0.2, 0.25) is 0 Å². The second-order valence-corrected chi connectivity index (χ2v) is 13.9. The lowest BCUT2D eigenvalue weighted by atomic mass is 9.83. The fourth-order valence-corrected chi connectivity index (χ4v) is 8.88. The molecule has 50 heavy (non-hydrogen) atoms. The molecule has 0 bridgehead atoms. The molecular weight excluding hydrogens is 603 g/mol. The Labute approximate surface area is 291 Å². The lowest BCUT2D eigenvalue weighted by Crippen LogP contribution is -1.96. The van der Waals surface area contributed by atoms with Crippen LogP contribution in [0.2, 0.25) is 0 Å². The molecule has 0 N–H and O–H groups in total. The fourth-order valence-electron chi connectivity index (χ4n) is 8.88. The van der Waals surface area contributed by atoms with E-state index in [2.05, 4.69) is 183 Å². The van der Waals surface area contributed by atoms with Crippen LogP contribution in [0.25, 0.3) is 92.8 Å². The van der Waals surface area contributed by atoms with Crippen LogP contribution in [0.5, 0.6) is 0 Å². The van der Waals surface area contributed by atoms with Crippen LogP contribution < -0.4 is 0 Å². The molecule has 0 aliphatic rings. The summed E-state index contributed by atoms with van der Waals surface area (Å²) >= 11 is 0. The van der Waals surface area contributed by atoms with Crippen LogP contribution in [0.15, 0.2) is 158 Å². The van der Waals surface area contributed by atoms with Crippen LogP contribution in [-0.4, -0.2) is 4.57 Å². The van der Waals surface area contributed by atoms with Gasteiger partial charge in [-0.1, -0.05) is 145 Å². The SMILES string of the molecule is Cc1cc(C)c(-c2c3ccccc3c(-c3ccc(-n4c5ccc6ccccc6c5c5ccc6ccccc6c54)cc3)c3ccccc23)c(C)c1. The van der Waals surface area contributed by atoms with Gasteiger partial charge in [0, 0.05) is 21.8 Å². The second kappa shape index (κ2) is 10.9. The molecule has 0 saturated heterocycles. The Kier molecular flexibility index (Phi) is 6.29. The zero-order valence-electron chi connectivity index (χ0n) is 28.5. The number of nitrogens with zero attached hydrogens (tertiary/aromatic N) is 1. The molecule has 1 heterocycles. The average molecular weight is 638 g/mol. The van der Waals surface area contributed by atoms with Crippen LogP contribution in [0, 0.1) is 20.8 Å². The molecule has 0 fully saturated rings. The summed E-state index contributed by atoms with van der Waals surface area (Å²) in [6.07, 6.45) is 0. The number of fused-ring (bicyclic) bond motifs is 9. The minimum absolute atomic E-state index is 1.16. The summed E-state index contributed by atoms with van der Waals surface area (Å²) in [6, 6.07) is 58.6. The monoisotopic (exact) mass is 637 g/mol. The summed E-state index contributed by atoms with van der Waals surface area (Å²) < 4.78 is 2.48. The summed E-state index contributed by atoms with van der Waals surface area (Å²) in [5.41, 5.74) is 12.8. The highest BCUT2D eigenvalue weighted by atomic mass is 15.0. The summed E-state index contributed by atoms with van der Waals surface area (Å²) in [7, 11) is 0. The van der Waals surface area contributed by atoms with E-state index < -0.39 is 0 Å². The highest BCUT2D eigenvalue weighted by Gasteiger charge is 2.20. The summed E-state index contributed by atoms with van der Waals surface area (Å²) in [5, 5.41) is 12.8. The van der Waals surface area contributed by atoms with Gasteiger partial charge in [0.15, 0.2) is 0 Å². The fraction of sp³-hybridized carbons (Fsp3) is 0.0612. The molecule has 10 aromatic rings. The molecule has 0 spiro atoms. The molecule has 1 heteroatoms. The number of rotatable bonds is 3. The second-order valence-electron chi connectivity index (χ2n) is 13.9. The molecule has 10 rings (SSSR count). The van der Waals surface area contributed by atoms with E-state index in [1.807, 2.05) is 0 Å². The third-order valence-electron chi connectivity index (χ3n) is 10.8. The third kappa shape index (κ3) is 4.13. The molecule has 9 aromatic carbocycles. The molecular formula is C49H35N. The van der Waals surface area contributed by atoms with Gasteiger partial charge in [-0.15, -0.1) is 0 Å². The third-order valence-corrected chi connectivity index (χ3v) is 10.8. The van der Waals surface area contributed by atoms with Crippen LogP contribution in [0.4, 0.5) is 0 Å². The first-order chi connectivity index (χ1) is 24.6. The number of aromatic nitrogens is 1. The summed E-state index contributed by atoms with van der Waals surface area (Å²) in [6.45, 7) is 6.70. The maximum absolute atomic E-state index is 2.48. The predicted molar refractivity (Wildman–Crippen MR) is 216 cm³/mol. The first-order valence-corrected chi connectivity index (χ1v) is 17.5. The van der Waals surface area contributed by atoms with Crippen molar-refractivity contribution < 1.29 is 0 Å². The van der Waals surface area contributed by atoms with E-state index in [4.69, 9.17) is 0 Å². The normalized spacial score (nSPS) is 11.9. The molecule has 1 aromatic heterocycles. The maximum Gasteiger partial charge on any atom is 0.0619 e. The van der Waals surface area contributed by atoms with Gasteiger partial charge in [-0.05, 0) is 110 Å². The largest absolute Gasteiger partial charge is 0.309 e. The molecule has 0 radical (unpaired) electrons. The van der Waals surface area contributed by atoms with E-state index in [1.54, 1.807) is 0 Å². The van der Waals surface area contributed by atoms with Crippen molar-refractivity contribution in [3.63, 3.8) is 0 Å². The number of benzene rings is 9. The highest BCUT2D eigenvalue weighted by Crippen LogP contribution is 2.46. The van der Waals surface area contributed by atoms with Crippen molar-refractivity contribution in [3.05, 3.63) is 174 Å². The van der Waals surface area contributed by atoms with E-state index in [9.17, 15) is 0 Å². The van der Waals surface area contributed by atoms with Crippen molar-refractivity contribution in [1.29, 1.82) is 0 Å². The number of aryl methyl sites for hydroxylation is 3. The topological polar surface area (TPSA) is 4.93 Å². The molecule has 0 saturated carbocycles. The minimum atomic E-state index is 1.16. The maximum atomic E-state index is 2.48. The van der Waals surface area contributed by atoms with E-state index in [-0.39, 0.29) is 0 Å². The Balaban J connectivity index is 1.24. The standard InChI is InChI=1S/C49H35N/c1-30-28-31(2)45(32(3)29-30)48-41-18-10-8-16-39(41)46(40-17-9-11-19-42(40)48)35-20-24-36(25-21-35)50-44-27-23-33-12-4-6-14-37(33)47(44)43-26-22-34-13-5-7-15-38(34)49(43)50/h4-29H,1-3H3. The van der Waals surface area contributed by atoms with Crippen LogP contribution in [0.3, 0.4) is 0 Å². The predicted octanol–water partition coefficient (Wildman–Crippen LogP) is 13.7. The van der Waals surface area contributed by atoms with Crippen molar-refractivity contribution in [2.45, 2.75) is 20.8 Å². The van der Waals surface area contributed by atoms with Crippen LogP contribution >= 0.6 is 0 Å². The van der Waals surface area contributed by atoms with E-state index in [1.165, 1.54) is 104 Å². The highest BCUT2D eigenvalue weighted by molar-refractivity contribution is 6.26. The van der Waals surface area contributed by atoms with E-state index in [0.29, 0.717) is 0 Å². The van der Waals surface area contributed by atoms with Crippen LogP contribution in [-0.2, 0) is 0 Å². The van der Waals surface area contributed by atoms with E-state index in [0.717, 1.165) is 5.69 Å². The van der Waals surface area contributed by atoms with Gasteiger partial charge in [0.25, 0.3) is 0 Å². The molecule has 236 valence electrons. The lowest BCUT2D eigenvalue weighted by molar-refractivity contribution is 1.19. The van der Waals surface area contributed by atoms with Gasteiger partial charge in [-0.3, -0.25) is 0 Å². The van der Waals surface area contributed by atoms with Gasteiger partial charge in [-0.25, -0.2) is 0 Å². The Hall–Kier alpha value is -6.18. The Morgan fingerprint density at radius 3 is 1.50 bits per heavy atom. The molecule has 1 nitrogen and oxygen atoms in total. The first kappa shape index (κ1) is 28.8. The average Bonchev–Trinajstić information content (AvgIpc) is 3.50. The van der Waals surface area contributed by atoms with Crippen molar-refractivity contribution in [3.8, 4) is 27.9 Å². The van der Waals surface area contributed by atoms with Crippen molar-refractivity contribution in [2.75, 3.05) is 0 Å². The molecule has 0 unspecified atom stereocenters. The summed E-state index contributed by atoms with van der Waals surface area (Å²) in [4.78, 5) is 0. The van der Waals surface area contributed by atoms with Crippen LogP contribution in [0.1, 0.15) is 16.7 Å². The zero-order valence-corrected chi connectivity index (χ0v) is 28.5. The minimum Gasteiger partial charge on any atom is -0.309 e. The number of hydrogen-bond donors (Lipinski definition) is 0. The Morgan fingerprint density at radius 2 is 0.880 bits per heavy atom. The van der Waals surface area contributed by atoms with Crippen molar-refractivity contribution in [1.82, 2.24) is 4.57 Å². The van der Waals surface area contributed by atoms with Gasteiger partial charge in [0.05, 0.1) is 11.0 Å². The lowest BCUT2D eigenvalue weighted by Gasteiger charge is -2.20. The van der Waals surface area contributed by atoms with Crippen molar-refractivity contribution >= 4 is 64.9 Å². The molecule has 0 aliphatic carbocycles. The zero-order chi connectivity index (χ0) is 33.5. The van der Waals surface area contributed by atoms with Gasteiger partial charge in [-0.2, -0.15) is 0 Å². The van der Waals surface area contributed by atoms with Gasteiger partial charge >= 0.3 is 0 Å². The molecule has 0 atom stereocenters. The van der Waals surface area contributed by atoms with Gasteiger partial charge < -0.3 is 4.57 Å². The summed E-state index contributed by atoms with van der Waals surface area (Å²) in [5.74, 6) is 0. The Bertz CT molecular complexity index is 2910. The quantitative estimate of drug-likeness (QED) is 0.170. The van der Waals surface area contributed by atoms with Crippen molar-refractivity contribution in [2.24, 2.45) is 0 Å². The Morgan fingerprint density at radius 1 is 0.380 bits per heavy atom. The van der Waals surface area contributed by atoms with E-state index >= 15 is 0 Å². The van der Waals surface area contributed by atoms with Gasteiger partial charge in [0.1, 0.15) is 0 Å². The molecule has 0 amide bonds. The first-order valence-electron chi connectivity index (χ1n) is 17.5. The number of hydrogen-bond acceptors (Lipinski definition) is 0. The smallest absolute Gasteiger partial charge is 0.0619 e. The molecule has 0 aliphatic heterocycles.